The molecular formula is C21H23N5O. The van der Waals surface area contributed by atoms with Gasteiger partial charge in [-0.2, -0.15) is 0 Å². The number of hydrogen-bond donors (Lipinski definition) is 2. The number of terminal acetylenes is 1. The van der Waals surface area contributed by atoms with Gasteiger partial charge in [-0.3, -0.25) is 9.78 Å². The van der Waals surface area contributed by atoms with Crippen molar-refractivity contribution in [3.8, 4) is 23.5 Å². The van der Waals surface area contributed by atoms with Crippen molar-refractivity contribution in [3.05, 3.63) is 48.9 Å². The van der Waals surface area contributed by atoms with Crippen LogP contribution in [0, 0.1) is 12.3 Å². The number of rotatable bonds is 1. The van der Waals surface area contributed by atoms with Gasteiger partial charge in [0, 0.05) is 29.5 Å². The van der Waals surface area contributed by atoms with Crippen LogP contribution in [0.2, 0.25) is 0 Å². The molecule has 1 saturated carbocycles. The van der Waals surface area contributed by atoms with Crippen molar-refractivity contribution < 1.29 is 4.79 Å². The van der Waals surface area contributed by atoms with Gasteiger partial charge in [0.25, 0.3) is 5.91 Å². The van der Waals surface area contributed by atoms with E-state index >= 15 is 0 Å². The zero-order chi connectivity index (χ0) is 19.5. The standard InChI is InChI=1S/C13H10N4.C5H10.C3H3NO/c14-13-16-8-11-6-9(3-4-12(11)17-13)10-2-1-5-15-7-10;1-2-4-5-3-1;1-2-3(4)5/h1-8H,(H2,14,16,17);1-5H2;1H,(H2,4,5). The zero-order valence-electron chi connectivity index (χ0n) is 15.1. The molecule has 4 rings (SSSR count). The minimum Gasteiger partial charge on any atom is -0.368 e. The summed E-state index contributed by atoms with van der Waals surface area (Å²) in [6.07, 6.45) is 17.3. The first kappa shape index (κ1) is 19.9. The maximum atomic E-state index is 9.35. The minimum absolute atomic E-state index is 0.298. The Kier molecular flexibility index (Phi) is 7.73. The second kappa shape index (κ2) is 10.5. The van der Waals surface area contributed by atoms with E-state index in [2.05, 4.69) is 27.1 Å². The van der Waals surface area contributed by atoms with E-state index in [0.29, 0.717) is 5.95 Å². The first-order valence-electron chi connectivity index (χ1n) is 8.79. The quantitative estimate of drug-likeness (QED) is 0.646. The molecular weight excluding hydrogens is 338 g/mol. The lowest BCUT2D eigenvalue weighted by Gasteiger charge is -2.03. The van der Waals surface area contributed by atoms with Crippen molar-refractivity contribution in [1.29, 1.82) is 0 Å². The second-order valence-electron chi connectivity index (χ2n) is 6.02. The molecule has 0 unspecified atom stereocenters. The molecule has 0 saturated heterocycles. The van der Waals surface area contributed by atoms with Crippen molar-refractivity contribution in [2.45, 2.75) is 32.1 Å². The maximum Gasteiger partial charge on any atom is 0.293 e. The molecule has 1 aliphatic rings. The number of amides is 1. The highest BCUT2D eigenvalue weighted by atomic mass is 16.1. The van der Waals surface area contributed by atoms with Crippen LogP contribution in [-0.4, -0.2) is 20.9 Å². The summed E-state index contributed by atoms with van der Waals surface area (Å²) in [5.41, 5.74) is 13.0. The third-order valence-electron chi connectivity index (χ3n) is 3.99. The van der Waals surface area contributed by atoms with E-state index in [1.54, 1.807) is 18.3 Å². The first-order chi connectivity index (χ1) is 13.1. The van der Waals surface area contributed by atoms with Gasteiger partial charge in [0.05, 0.1) is 5.52 Å². The first-order valence-corrected chi connectivity index (χ1v) is 8.79. The molecule has 1 amide bonds. The van der Waals surface area contributed by atoms with E-state index in [9.17, 15) is 4.79 Å². The number of benzene rings is 1. The molecule has 27 heavy (non-hydrogen) atoms. The van der Waals surface area contributed by atoms with Gasteiger partial charge in [-0.05, 0) is 29.7 Å². The highest BCUT2D eigenvalue weighted by molar-refractivity contribution is 5.91. The van der Waals surface area contributed by atoms with Gasteiger partial charge in [0.2, 0.25) is 5.95 Å². The predicted molar refractivity (Wildman–Crippen MR) is 108 cm³/mol. The number of fused-ring (bicyclic) bond motifs is 1. The van der Waals surface area contributed by atoms with E-state index in [-0.39, 0.29) is 0 Å². The van der Waals surface area contributed by atoms with Crippen LogP contribution in [0.1, 0.15) is 32.1 Å². The third kappa shape index (κ3) is 6.75. The Labute approximate surface area is 159 Å². The highest BCUT2D eigenvalue weighted by Crippen LogP contribution is 2.22. The number of anilines is 1. The Morgan fingerprint density at radius 2 is 1.70 bits per heavy atom. The van der Waals surface area contributed by atoms with Crippen LogP contribution in [-0.2, 0) is 4.79 Å². The van der Waals surface area contributed by atoms with Gasteiger partial charge in [-0.25, -0.2) is 9.97 Å². The van der Waals surface area contributed by atoms with E-state index in [4.69, 9.17) is 5.73 Å². The molecule has 6 nitrogen and oxygen atoms in total. The monoisotopic (exact) mass is 361 g/mol. The number of aromatic nitrogens is 3. The number of hydrogen-bond acceptors (Lipinski definition) is 5. The number of carbonyl (C=O) groups excluding carboxylic acids is 1. The van der Waals surface area contributed by atoms with Crippen LogP contribution in [0.15, 0.2) is 48.9 Å². The summed E-state index contributed by atoms with van der Waals surface area (Å²) in [6, 6.07) is 9.92. The number of carbonyl (C=O) groups is 1. The predicted octanol–water partition coefficient (Wildman–Crippen LogP) is 3.33. The molecule has 6 heteroatoms. The zero-order valence-corrected chi connectivity index (χ0v) is 15.1. The van der Waals surface area contributed by atoms with Crippen LogP contribution in [0.5, 0.6) is 0 Å². The number of nitrogen functional groups attached to an aromatic ring is 1. The van der Waals surface area contributed by atoms with Crippen LogP contribution in [0.4, 0.5) is 5.95 Å². The normalized spacial score (nSPS) is 12.1. The van der Waals surface area contributed by atoms with Crippen molar-refractivity contribution >= 4 is 22.8 Å². The number of pyridine rings is 1. The van der Waals surface area contributed by atoms with Crippen LogP contribution < -0.4 is 11.5 Å². The molecule has 2 heterocycles. The Balaban J connectivity index is 0.000000216. The Hall–Kier alpha value is -3.46. The molecule has 0 atom stereocenters. The molecule has 0 spiro atoms. The molecule has 1 fully saturated rings. The average molecular weight is 361 g/mol. The molecule has 1 aliphatic carbocycles. The number of nitrogens with zero attached hydrogens (tertiary/aromatic N) is 3. The highest BCUT2D eigenvalue weighted by Gasteiger charge is 2.01. The second-order valence-corrected chi connectivity index (χ2v) is 6.02. The summed E-state index contributed by atoms with van der Waals surface area (Å²) in [6.45, 7) is 0. The Morgan fingerprint density at radius 3 is 2.26 bits per heavy atom. The molecule has 0 bridgehead atoms. The smallest absolute Gasteiger partial charge is 0.293 e. The number of primary amides is 1. The van der Waals surface area contributed by atoms with Crippen LogP contribution in [0.3, 0.4) is 0 Å². The molecule has 0 radical (unpaired) electrons. The van der Waals surface area contributed by atoms with Crippen LogP contribution >= 0.6 is 0 Å². The minimum atomic E-state index is -0.718. The number of nitrogens with two attached hydrogens (primary N) is 2. The van der Waals surface area contributed by atoms with Gasteiger partial charge in [0.1, 0.15) is 0 Å². The van der Waals surface area contributed by atoms with Crippen molar-refractivity contribution in [2.24, 2.45) is 5.73 Å². The van der Waals surface area contributed by atoms with Crippen molar-refractivity contribution in [2.75, 3.05) is 5.73 Å². The van der Waals surface area contributed by atoms with Gasteiger partial charge in [-0.15, -0.1) is 6.42 Å². The molecule has 3 aromatic rings. The fourth-order valence-electron chi connectivity index (χ4n) is 2.64. The van der Waals surface area contributed by atoms with Crippen molar-refractivity contribution in [1.82, 2.24) is 15.0 Å². The molecule has 4 N–H and O–H groups in total. The lowest BCUT2D eigenvalue weighted by Crippen LogP contribution is -2.05. The molecule has 1 aromatic carbocycles. The summed E-state index contributed by atoms with van der Waals surface area (Å²) in [5, 5.41) is 0.973. The average Bonchev–Trinajstić information content (AvgIpc) is 3.29. The fraction of sp³-hybridized carbons (Fsp3) is 0.238. The van der Waals surface area contributed by atoms with E-state index < -0.39 is 5.91 Å². The summed E-state index contributed by atoms with van der Waals surface area (Å²) in [5.74, 6) is 1.25. The van der Waals surface area contributed by atoms with Gasteiger partial charge >= 0.3 is 0 Å². The third-order valence-corrected chi connectivity index (χ3v) is 3.99. The Bertz CT molecular complexity index is 907. The lowest BCUT2D eigenvalue weighted by atomic mass is 10.1. The maximum absolute atomic E-state index is 9.35. The topological polar surface area (TPSA) is 108 Å². The summed E-state index contributed by atoms with van der Waals surface area (Å²) >= 11 is 0. The molecule has 0 aliphatic heterocycles. The van der Waals surface area contributed by atoms with E-state index in [1.165, 1.54) is 32.1 Å². The van der Waals surface area contributed by atoms with Gasteiger partial charge in [0.15, 0.2) is 0 Å². The summed E-state index contributed by atoms with van der Waals surface area (Å²) in [4.78, 5) is 21.6. The van der Waals surface area contributed by atoms with Crippen LogP contribution in [0.25, 0.3) is 22.0 Å². The van der Waals surface area contributed by atoms with E-state index in [1.807, 2.05) is 36.5 Å². The lowest BCUT2D eigenvalue weighted by molar-refractivity contribution is -0.112. The summed E-state index contributed by atoms with van der Waals surface area (Å²) < 4.78 is 0. The fourth-order valence-corrected chi connectivity index (χ4v) is 2.64. The van der Waals surface area contributed by atoms with Gasteiger partial charge in [-0.1, -0.05) is 44.2 Å². The van der Waals surface area contributed by atoms with E-state index in [0.717, 1.165) is 22.0 Å². The largest absolute Gasteiger partial charge is 0.368 e. The summed E-state index contributed by atoms with van der Waals surface area (Å²) in [7, 11) is 0. The molecule has 138 valence electrons. The SMILES string of the molecule is C#CC(N)=O.C1CCCC1.Nc1ncc2cc(-c3cccnc3)ccc2n1. The molecule has 2 aromatic heterocycles. The van der Waals surface area contributed by atoms with Crippen molar-refractivity contribution in [3.63, 3.8) is 0 Å². The van der Waals surface area contributed by atoms with Gasteiger partial charge < -0.3 is 11.5 Å². The Morgan fingerprint density at radius 1 is 1.04 bits per heavy atom.